The largest absolute Gasteiger partial charge is 0.416 e. The summed E-state index contributed by atoms with van der Waals surface area (Å²) in [6.07, 6.45) is 0.0928. The highest BCUT2D eigenvalue weighted by atomic mass is 19.4. The molecule has 110 valence electrons. The average Bonchev–Trinajstić information content (AvgIpc) is 2.71. The number of hydrogen-bond donors (Lipinski definition) is 0. The highest BCUT2D eigenvalue weighted by Crippen LogP contribution is 2.39. The lowest BCUT2D eigenvalue weighted by molar-refractivity contribution is -0.137. The molecule has 6 heteroatoms. The number of anilines is 1. The van der Waals surface area contributed by atoms with E-state index in [0.717, 1.165) is 17.0 Å². The van der Waals surface area contributed by atoms with Crippen molar-refractivity contribution in [3.63, 3.8) is 0 Å². The number of nitrogens with zero attached hydrogens (tertiary/aromatic N) is 1. The number of rotatable bonds is 1. The number of fused-ring (bicyclic) bond motifs is 1. The molecule has 0 unspecified atom stereocenters. The number of benzene rings is 1. The molecule has 1 aliphatic carbocycles. The summed E-state index contributed by atoms with van der Waals surface area (Å²) in [5, 5.41) is 0. The summed E-state index contributed by atoms with van der Waals surface area (Å²) in [6, 6.07) is 4.33. The van der Waals surface area contributed by atoms with Crippen LogP contribution in [0.25, 0.3) is 0 Å². The van der Waals surface area contributed by atoms with Crippen LogP contribution >= 0.6 is 0 Å². The average molecular weight is 295 g/mol. The Kier molecular flexibility index (Phi) is 3.11. The second kappa shape index (κ2) is 4.72. The fourth-order valence-electron chi connectivity index (χ4n) is 2.88. The van der Waals surface area contributed by atoms with Crippen LogP contribution in [-0.4, -0.2) is 11.8 Å². The van der Waals surface area contributed by atoms with Gasteiger partial charge in [0.25, 0.3) is 0 Å². The minimum absolute atomic E-state index is 0.00535. The van der Waals surface area contributed by atoms with Crippen LogP contribution < -0.4 is 4.90 Å². The van der Waals surface area contributed by atoms with Crippen molar-refractivity contribution in [1.29, 1.82) is 0 Å². The van der Waals surface area contributed by atoms with Crippen molar-refractivity contribution in [2.75, 3.05) is 4.90 Å². The van der Waals surface area contributed by atoms with Gasteiger partial charge in [-0.25, -0.2) is 0 Å². The standard InChI is InChI=1S/C15H12F3NO2/c16-15(17,18)9-4-3-5-10(8-9)19-13(20)11-6-1-2-7-12(11)14(19)21/h1-5,8,11-12H,6-7H2/t11-,12-/m0/s1. The molecule has 3 nitrogen and oxygen atoms in total. The maximum absolute atomic E-state index is 12.7. The zero-order valence-electron chi connectivity index (χ0n) is 10.9. The zero-order valence-corrected chi connectivity index (χ0v) is 10.9. The Labute approximate surface area is 119 Å². The van der Waals surface area contributed by atoms with E-state index >= 15 is 0 Å². The van der Waals surface area contributed by atoms with E-state index in [2.05, 4.69) is 0 Å². The lowest BCUT2D eigenvalue weighted by Crippen LogP contribution is -2.31. The van der Waals surface area contributed by atoms with Gasteiger partial charge in [-0.15, -0.1) is 0 Å². The van der Waals surface area contributed by atoms with Gasteiger partial charge in [0.1, 0.15) is 0 Å². The lowest BCUT2D eigenvalue weighted by atomic mass is 9.85. The van der Waals surface area contributed by atoms with E-state index in [0.29, 0.717) is 12.8 Å². The Morgan fingerprint density at radius 1 is 1.00 bits per heavy atom. The Bertz CT molecular complexity index is 610. The maximum Gasteiger partial charge on any atom is 0.416 e. The third-order valence-electron chi connectivity index (χ3n) is 3.94. The van der Waals surface area contributed by atoms with Crippen molar-refractivity contribution >= 4 is 17.5 Å². The van der Waals surface area contributed by atoms with Crippen molar-refractivity contribution in [2.24, 2.45) is 11.8 Å². The topological polar surface area (TPSA) is 37.4 Å². The summed E-state index contributed by atoms with van der Waals surface area (Å²) in [5.41, 5.74) is -0.872. The molecule has 0 spiro atoms. The van der Waals surface area contributed by atoms with Crippen molar-refractivity contribution in [3.8, 4) is 0 Å². The molecule has 1 aliphatic heterocycles. The van der Waals surface area contributed by atoms with E-state index in [4.69, 9.17) is 0 Å². The summed E-state index contributed by atoms with van der Waals surface area (Å²) in [5.74, 6) is -1.71. The molecule has 0 saturated carbocycles. The second-order valence-electron chi connectivity index (χ2n) is 5.22. The first-order chi connectivity index (χ1) is 9.89. The highest BCUT2D eigenvalue weighted by molar-refractivity contribution is 6.22. The van der Waals surface area contributed by atoms with Crippen LogP contribution in [0.3, 0.4) is 0 Å². The second-order valence-corrected chi connectivity index (χ2v) is 5.22. The number of carbonyl (C=O) groups is 2. The molecule has 0 N–H and O–H groups in total. The van der Waals surface area contributed by atoms with E-state index in [-0.39, 0.29) is 5.69 Å². The number of amides is 2. The molecule has 2 amide bonds. The van der Waals surface area contributed by atoms with Gasteiger partial charge in [-0.2, -0.15) is 13.2 Å². The fourth-order valence-corrected chi connectivity index (χ4v) is 2.88. The number of carbonyl (C=O) groups excluding carboxylic acids is 2. The molecule has 2 aliphatic rings. The van der Waals surface area contributed by atoms with Crippen LogP contribution in [0.15, 0.2) is 36.4 Å². The molecule has 1 aromatic carbocycles. The van der Waals surface area contributed by atoms with Crippen LogP contribution in [0.5, 0.6) is 0 Å². The summed E-state index contributed by atoms with van der Waals surface area (Å²) in [6.45, 7) is 0. The van der Waals surface area contributed by atoms with E-state index in [1.165, 1.54) is 12.1 Å². The van der Waals surface area contributed by atoms with Gasteiger partial charge in [0.2, 0.25) is 11.8 Å². The third-order valence-corrected chi connectivity index (χ3v) is 3.94. The predicted molar refractivity (Wildman–Crippen MR) is 69.3 cm³/mol. The lowest BCUT2D eigenvalue weighted by Gasteiger charge is -2.16. The van der Waals surface area contributed by atoms with Gasteiger partial charge in [0, 0.05) is 0 Å². The van der Waals surface area contributed by atoms with E-state index < -0.39 is 35.4 Å². The first-order valence-corrected chi connectivity index (χ1v) is 6.59. The van der Waals surface area contributed by atoms with Crippen molar-refractivity contribution < 1.29 is 22.8 Å². The third kappa shape index (κ3) is 2.24. The maximum atomic E-state index is 12.7. The van der Waals surface area contributed by atoms with E-state index in [9.17, 15) is 22.8 Å². The van der Waals surface area contributed by atoms with Gasteiger partial charge >= 0.3 is 6.18 Å². The predicted octanol–water partition coefficient (Wildman–Crippen LogP) is 3.16. The molecular formula is C15H12F3NO2. The highest BCUT2D eigenvalue weighted by Gasteiger charge is 2.48. The van der Waals surface area contributed by atoms with Crippen LogP contribution in [0.2, 0.25) is 0 Å². The Hall–Kier alpha value is -2.11. The van der Waals surface area contributed by atoms with Gasteiger partial charge in [-0.1, -0.05) is 18.2 Å². The number of imide groups is 1. The van der Waals surface area contributed by atoms with Crippen LogP contribution in [-0.2, 0) is 15.8 Å². The molecular weight excluding hydrogens is 283 g/mol. The zero-order chi connectivity index (χ0) is 15.2. The molecule has 1 saturated heterocycles. The molecule has 0 radical (unpaired) electrons. The van der Waals surface area contributed by atoms with Crippen molar-refractivity contribution in [1.82, 2.24) is 0 Å². The number of hydrogen-bond acceptors (Lipinski definition) is 2. The molecule has 21 heavy (non-hydrogen) atoms. The Morgan fingerprint density at radius 2 is 1.57 bits per heavy atom. The molecule has 0 aromatic heterocycles. The van der Waals surface area contributed by atoms with Crippen LogP contribution in [0.1, 0.15) is 18.4 Å². The number of halogens is 3. The smallest absolute Gasteiger partial charge is 0.274 e. The van der Waals surface area contributed by atoms with Crippen LogP contribution in [0.4, 0.5) is 18.9 Å². The normalized spacial score (nSPS) is 25.4. The minimum atomic E-state index is -4.50. The Morgan fingerprint density at radius 3 is 2.10 bits per heavy atom. The minimum Gasteiger partial charge on any atom is -0.274 e. The van der Waals surface area contributed by atoms with Gasteiger partial charge in [-0.3, -0.25) is 14.5 Å². The van der Waals surface area contributed by atoms with E-state index in [1.807, 2.05) is 12.2 Å². The van der Waals surface area contributed by atoms with Crippen molar-refractivity contribution in [2.45, 2.75) is 19.0 Å². The summed E-state index contributed by atoms with van der Waals surface area (Å²) >= 11 is 0. The molecule has 3 rings (SSSR count). The summed E-state index contributed by atoms with van der Waals surface area (Å²) in [4.78, 5) is 25.5. The number of alkyl halides is 3. The molecule has 1 heterocycles. The van der Waals surface area contributed by atoms with E-state index in [1.54, 1.807) is 0 Å². The Balaban J connectivity index is 1.98. The number of allylic oxidation sites excluding steroid dienone is 2. The fraction of sp³-hybridized carbons (Fsp3) is 0.333. The first kappa shape index (κ1) is 13.9. The first-order valence-electron chi connectivity index (χ1n) is 6.59. The molecule has 1 aromatic rings. The van der Waals surface area contributed by atoms with Crippen molar-refractivity contribution in [3.05, 3.63) is 42.0 Å². The quantitative estimate of drug-likeness (QED) is 0.589. The molecule has 0 bridgehead atoms. The molecule has 2 atom stereocenters. The molecule has 1 fully saturated rings. The van der Waals surface area contributed by atoms with Crippen LogP contribution in [0, 0.1) is 11.8 Å². The van der Waals surface area contributed by atoms with Gasteiger partial charge in [0.05, 0.1) is 23.1 Å². The van der Waals surface area contributed by atoms with Gasteiger partial charge in [0.15, 0.2) is 0 Å². The summed E-state index contributed by atoms with van der Waals surface area (Å²) < 4.78 is 38.2. The van der Waals surface area contributed by atoms with Gasteiger partial charge in [-0.05, 0) is 31.0 Å². The monoisotopic (exact) mass is 295 g/mol. The SMILES string of the molecule is O=C1[C@H]2CC=CC[C@@H]2C(=O)N1c1cccc(C(F)(F)F)c1. The van der Waals surface area contributed by atoms with Gasteiger partial charge < -0.3 is 0 Å². The summed E-state index contributed by atoms with van der Waals surface area (Å²) in [7, 11) is 0.